The monoisotopic (exact) mass is 464 g/mol. The van der Waals surface area contributed by atoms with Crippen molar-refractivity contribution in [3.8, 4) is 0 Å². The second-order valence-electron chi connectivity index (χ2n) is 10.5. The molecule has 10 heteroatoms. The van der Waals surface area contributed by atoms with E-state index in [0.717, 1.165) is 38.8 Å². The van der Waals surface area contributed by atoms with Crippen molar-refractivity contribution in [1.29, 1.82) is 0 Å². The zero-order valence-corrected chi connectivity index (χ0v) is 19.1. The number of ether oxygens (including phenoxy) is 1. The van der Waals surface area contributed by atoms with E-state index in [-0.39, 0.29) is 47.3 Å². The van der Waals surface area contributed by atoms with Crippen molar-refractivity contribution in [1.82, 2.24) is 20.1 Å². The lowest BCUT2D eigenvalue weighted by molar-refractivity contribution is -0.00228. The average molecular weight is 465 g/mol. The van der Waals surface area contributed by atoms with Crippen LogP contribution < -0.4 is 10.6 Å². The number of hydrogen-bond donors (Lipinski definition) is 2. The first-order chi connectivity index (χ1) is 15.5. The van der Waals surface area contributed by atoms with Crippen LogP contribution in [-0.2, 0) is 14.8 Å². The molecule has 2 N–H and O–H groups in total. The Morgan fingerprint density at radius 3 is 2.44 bits per heavy atom. The van der Waals surface area contributed by atoms with Crippen LogP contribution in [0.25, 0.3) is 0 Å². The molecule has 6 rings (SSSR count). The summed E-state index contributed by atoms with van der Waals surface area (Å²) in [6.45, 7) is 3.29. The van der Waals surface area contributed by atoms with Crippen LogP contribution in [0.4, 0.5) is 0 Å². The van der Waals surface area contributed by atoms with Crippen molar-refractivity contribution < 1.29 is 22.5 Å². The van der Waals surface area contributed by atoms with Gasteiger partial charge in [-0.3, -0.25) is 4.79 Å². The number of sulfonamides is 1. The highest BCUT2D eigenvalue weighted by molar-refractivity contribution is 7.89. The van der Waals surface area contributed by atoms with Crippen LogP contribution in [0.15, 0.2) is 10.6 Å². The van der Waals surface area contributed by atoms with Gasteiger partial charge in [-0.05, 0) is 69.4 Å². The number of nitrogens with zero attached hydrogens (tertiary/aromatic N) is 2. The maximum atomic E-state index is 13.4. The summed E-state index contributed by atoms with van der Waals surface area (Å²) in [6, 6.07) is 1.65. The first kappa shape index (κ1) is 21.1. The number of piperidine rings is 1. The van der Waals surface area contributed by atoms with Gasteiger partial charge in [-0.1, -0.05) is 5.16 Å². The molecule has 0 aromatic carbocycles. The fourth-order valence-corrected chi connectivity index (χ4v) is 9.10. The molecule has 5 fully saturated rings. The third kappa shape index (κ3) is 3.78. The van der Waals surface area contributed by atoms with Gasteiger partial charge in [-0.2, -0.15) is 4.31 Å². The molecule has 32 heavy (non-hydrogen) atoms. The lowest BCUT2D eigenvalue weighted by atomic mass is 9.99. The molecule has 1 aliphatic carbocycles. The second kappa shape index (κ2) is 8.07. The minimum atomic E-state index is -3.28. The van der Waals surface area contributed by atoms with E-state index in [1.54, 1.807) is 6.07 Å². The third-order valence-electron chi connectivity index (χ3n) is 8.32. The fraction of sp³-hybridized carbons (Fsp3) is 0.818. The standard InChI is InChI=1S/C22H32N4O5S/c27-22(20-7-21(31-25-20)16-10-30-11-16)24-17-5-18-1-2-19(6-17)26(18)32(28,29)12-13-3-14-8-23-9-15(14)4-13/h7,13-19,23H,1-6,8-12H2,(H,24,27). The van der Waals surface area contributed by atoms with Crippen molar-refractivity contribution >= 4 is 15.9 Å². The Morgan fingerprint density at radius 1 is 1.12 bits per heavy atom. The molecule has 4 unspecified atom stereocenters. The lowest BCUT2D eigenvalue weighted by Crippen LogP contribution is -2.53. The molecule has 1 saturated carbocycles. The Hall–Kier alpha value is -1.49. The van der Waals surface area contributed by atoms with Crippen molar-refractivity contribution in [3.05, 3.63) is 17.5 Å². The second-order valence-corrected chi connectivity index (χ2v) is 12.4. The van der Waals surface area contributed by atoms with Crippen LogP contribution in [-0.4, -0.2) is 74.0 Å². The molecule has 1 aromatic rings. The molecule has 4 aliphatic heterocycles. The van der Waals surface area contributed by atoms with Gasteiger partial charge in [-0.15, -0.1) is 0 Å². The van der Waals surface area contributed by atoms with Crippen LogP contribution in [0.3, 0.4) is 0 Å². The molecule has 1 aromatic heterocycles. The van der Waals surface area contributed by atoms with Gasteiger partial charge in [0, 0.05) is 24.2 Å². The predicted molar refractivity (Wildman–Crippen MR) is 116 cm³/mol. The maximum Gasteiger partial charge on any atom is 0.273 e. The van der Waals surface area contributed by atoms with E-state index in [4.69, 9.17) is 9.26 Å². The van der Waals surface area contributed by atoms with E-state index in [1.165, 1.54) is 0 Å². The minimum Gasteiger partial charge on any atom is -0.380 e. The number of rotatable bonds is 6. The van der Waals surface area contributed by atoms with E-state index in [1.807, 2.05) is 4.31 Å². The van der Waals surface area contributed by atoms with Gasteiger partial charge in [0.15, 0.2) is 5.69 Å². The number of hydrogen-bond acceptors (Lipinski definition) is 7. The zero-order valence-electron chi connectivity index (χ0n) is 18.2. The van der Waals surface area contributed by atoms with Crippen molar-refractivity contribution in [3.63, 3.8) is 0 Å². The minimum absolute atomic E-state index is 0.00776. The molecular weight excluding hydrogens is 432 g/mol. The first-order valence-corrected chi connectivity index (χ1v) is 13.6. The summed E-state index contributed by atoms with van der Waals surface area (Å²) in [5.74, 6) is 2.52. The van der Waals surface area contributed by atoms with Crippen LogP contribution >= 0.6 is 0 Å². The third-order valence-corrected chi connectivity index (χ3v) is 10.5. The number of nitrogens with one attached hydrogen (secondary N) is 2. The first-order valence-electron chi connectivity index (χ1n) is 12.0. The summed E-state index contributed by atoms with van der Waals surface area (Å²) in [4.78, 5) is 12.7. The summed E-state index contributed by atoms with van der Waals surface area (Å²) in [7, 11) is -3.28. The van der Waals surface area contributed by atoms with Crippen molar-refractivity contribution in [2.75, 3.05) is 32.1 Å². The van der Waals surface area contributed by atoms with E-state index >= 15 is 0 Å². The van der Waals surface area contributed by atoms with Gasteiger partial charge in [0.05, 0.1) is 24.9 Å². The summed E-state index contributed by atoms with van der Waals surface area (Å²) < 4.78 is 39.0. The van der Waals surface area contributed by atoms with Crippen LogP contribution in [0.2, 0.25) is 0 Å². The highest BCUT2D eigenvalue weighted by Gasteiger charge is 2.48. The molecule has 0 radical (unpaired) electrons. The zero-order chi connectivity index (χ0) is 21.9. The Labute approximate surface area is 188 Å². The molecule has 4 saturated heterocycles. The Kier molecular flexibility index (Phi) is 5.32. The van der Waals surface area contributed by atoms with E-state index < -0.39 is 10.0 Å². The highest BCUT2D eigenvalue weighted by atomic mass is 32.2. The normalized spacial score (nSPS) is 37.4. The molecule has 4 atom stereocenters. The van der Waals surface area contributed by atoms with Gasteiger partial charge >= 0.3 is 0 Å². The maximum absolute atomic E-state index is 13.4. The Morgan fingerprint density at radius 2 is 1.81 bits per heavy atom. The topological polar surface area (TPSA) is 114 Å². The Bertz CT molecular complexity index is 951. The average Bonchev–Trinajstić information content (AvgIpc) is 3.44. The van der Waals surface area contributed by atoms with Crippen molar-refractivity contribution in [2.45, 2.75) is 62.6 Å². The van der Waals surface area contributed by atoms with E-state index in [9.17, 15) is 13.2 Å². The molecule has 5 aliphatic rings. The van der Waals surface area contributed by atoms with Crippen LogP contribution in [0.1, 0.15) is 60.7 Å². The van der Waals surface area contributed by atoms with Gasteiger partial charge < -0.3 is 19.9 Å². The smallest absolute Gasteiger partial charge is 0.273 e. The largest absolute Gasteiger partial charge is 0.380 e. The molecule has 1 amide bonds. The number of fused-ring (bicyclic) bond motifs is 3. The van der Waals surface area contributed by atoms with Crippen molar-refractivity contribution in [2.24, 2.45) is 17.8 Å². The predicted octanol–water partition coefficient (Wildman–Crippen LogP) is 1.09. The molecule has 2 bridgehead atoms. The van der Waals surface area contributed by atoms with E-state index in [0.29, 0.717) is 43.7 Å². The lowest BCUT2D eigenvalue weighted by Gasteiger charge is -2.38. The Balaban J connectivity index is 1.07. The number of carbonyl (C=O) groups is 1. The van der Waals surface area contributed by atoms with Gasteiger partial charge in [0.2, 0.25) is 10.0 Å². The molecular formula is C22H32N4O5S. The van der Waals surface area contributed by atoms with Gasteiger partial charge in [-0.25, -0.2) is 8.42 Å². The fourth-order valence-electron chi connectivity index (χ4n) is 6.77. The SMILES string of the molecule is O=C(NC1CC2CCC(C1)N2S(=O)(=O)CC1CC2CNCC2C1)c1cc(C2COC2)on1. The van der Waals surface area contributed by atoms with Crippen LogP contribution in [0.5, 0.6) is 0 Å². The number of carbonyl (C=O) groups excluding carboxylic acids is 1. The molecule has 9 nitrogen and oxygen atoms in total. The summed E-state index contributed by atoms with van der Waals surface area (Å²) >= 11 is 0. The quantitative estimate of drug-likeness (QED) is 0.648. The summed E-state index contributed by atoms with van der Waals surface area (Å²) in [5, 5.41) is 10.4. The summed E-state index contributed by atoms with van der Waals surface area (Å²) in [6.07, 6.45) is 5.17. The van der Waals surface area contributed by atoms with Gasteiger partial charge in [0.25, 0.3) is 5.91 Å². The number of aromatic nitrogens is 1. The van der Waals surface area contributed by atoms with Gasteiger partial charge in [0.1, 0.15) is 5.76 Å². The highest BCUT2D eigenvalue weighted by Crippen LogP contribution is 2.42. The summed E-state index contributed by atoms with van der Waals surface area (Å²) in [5.41, 5.74) is 0.288. The molecule has 176 valence electrons. The molecule has 0 spiro atoms. The van der Waals surface area contributed by atoms with E-state index in [2.05, 4.69) is 15.8 Å². The molecule has 5 heterocycles. The van der Waals surface area contributed by atoms with Crippen LogP contribution in [0, 0.1) is 17.8 Å². The number of amides is 1.